The van der Waals surface area contributed by atoms with Crippen molar-refractivity contribution in [1.82, 2.24) is 14.5 Å². The molecule has 0 radical (unpaired) electrons. The quantitative estimate of drug-likeness (QED) is 0.346. The lowest BCUT2D eigenvalue weighted by Gasteiger charge is -2.27. The van der Waals surface area contributed by atoms with E-state index >= 15 is 0 Å². The Morgan fingerprint density at radius 2 is 1.80 bits per heavy atom. The van der Waals surface area contributed by atoms with Gasteiger partial charge in [-0.05, 0) is 49.4 Å². The van der Waals surface area contributed by atoms with Crippen LogP contribution < -0.4 is 16.0 Å². The maximum atomic E-state index is 13.4. The van der Waals surface area contributed by atoms with Gasteiger partial charge in [-0.25, -0.2) is 4.85 Å². The van der Waals surface area contributed by atoms with Gasteiger partial charge in [0.1, 0.15) is 17.7 Å². The second-order valence-corrected chi connectivity index (χ2v) is 9.53. The van der Waals surface area contributed by atoms with Crippen LogP contribution in [0.25, 0.3) is 10.7 Å². The predicted molar refractivity (Wildman–Crippen MR) is 138 cm³/mol. The first-order chi connectivity index (χ1) is 17.2. The molecule has 180 valence electrons. The van der Waals surface area contributed by atoms with E-state index in [1.54, 1.807) is 24.3 Å². The molecular weight excluding hydrogens is 438 g/mol. The SMILES string of the molecule is [C-]#[N+]c1ccc(NC(=O)[C@@H](CC2CCCCC2)Nc2cc(-n3cccc3)nc(NC3CC3)n2)cc1. The summed E-state index contributed by atoms with van der Waals surface area (Å²) in [5.41, 5.74) is 1.23. The number of benzene rings is 1. The normalized spacial score (nSPS) is 16.8. The van der Waals surface area contributed by atoms with Crippen LogP contribution in [0.1, 0.15) is 51.4 Å². The molecule has 1 amide bonds. The lowest BCUT2D eigenvalue weighted by Crippen LogP contribution is -2.37. The molecule has 0 aliphatic heterocycles. The van der Waals surface area contributed by atoms with Crippen molar-refractivity contribution < 1.29 is 4.79 Å². The molecule has 35 heavy (non-hydrogen) atoms. The minimum Gasteiger partial charge on any atom is -0.358 e. The highest BCUT2D eigenvalue weighted by Gasteiger charge is 2.26. The summed E-state index contributed by atoms with van der Waals surface area (Å²) in [6.07, 6.45) is 12.9. The first-order valence-corrected chi connectivity index (χ1v) is 12.5. The van der Waals surface area contributed by atoms with Crippen LogP contribution >= 0.6 is 0 Å². The minimum atomic E-state index is -0.431. The zero-order valence-corrected chi connectivity index (χ0v) is 19.8. The zero-order valence-electron chi connectivity index (χ0n) is 19.8. The van der Waals surface area contributed by atoms with Crippen LogP contribution in [-0.4, -0.2) is 32.5 Å². The van der Waals surface area contributed by atoms with E-state index in [0.717, 1.165) is 37.9 Å². The fourth-order valence-corrected chi connectivity index (χ4v) is 4.62. The van der Waals surface area contributed by atoms with Gasteiger partial charge in [0.05, 0.1) is 6.57 Å². The molecule has 0 spiro atoms. The third kappa shape index (κ3) is 6.18. The maximum Gasteiger partial charge on any atom is 0.246 e. The molecule has 2 aliphatic carbocycles. The van der Waals surface area contributed by atoms with E-state index in [-0.39, 0.29) is 5.91 Å². The van der Waals surface area contributed by atoms with Crippen LogP contribution in [0, 0.1) is 12.5 Å². The molecule has 2 aromatic heterocycles. The Bertz CT molecular complexity index is 1170. The van der Waals surface area contributed by atoms with E-state index in [1.807, 2.05) is 35.2 Å². The average molecular weight is 470 g/mol. The molecule has 0 unspecified atom stereocenters. The second-order valence-electron chi connectivity index (χ2n) is 9.53. The summed E-state index contributed by atoms with van der Waals surface area (Å²) in [4.78, 5) is 26.2. The number of rotatable bonds is 9. The van der Waals surface area contributed by atoms with E-state index in [9.17, 15) is 4.79 Å². The van der Waals surface area contributed by atoms with Crippen LogP contribution in [0.5, 0.6) is 0 Å². The van der Waals surface area contributed by atoms with Crippen molar-refractivity contribution in [2.45, 2.75) is 63.5 Å². The second kappa shape index (κ2) is 10.6. The van der Waals surface area contributed by atoms with Crippen molar-refractivity contribution in [3.8, 4) is 5.82 Å². The number of hydrogen-bond donors (Lipinski definition) is 3. The Hall–Kier alpha value is -3.86. The van der Waals surface area contributed by atoms with E-state index in [0.29, 0.717) is 35.1 Å². The molecule has 0 bridgehead atoms. The number of aromatic nitrogens is 3. The molecule has 2 fully saturated rings. The van der Waals surface area contributed by atoms with Gasteiger partial charge in [-0.3, -0.25) is 4.79 Å². The van der Waals surface area contributed by atoms with Crippen LogP contribution in [-0.2, 0) is 4.79 Å². The Morgan fingerprint density at radius 3 is 2.49 bits per heavy atom. The summed E-state index contributed by atoms with van der Waals surface area (Å²) in [7, 11) is 0. The molecule has 1 aromatic carbocycles. The highest BCUT2D eigenvalue weighted by Crippen LogP contribution is 2.29. The Kier molecular flexibility index (Phi) is 6.94. The van der Waals surface area contributed by atoms with Crippen LogP contribution in [0.15, 0.2) is 54.9 Å². The summed E-state index contributed by atoms with van der Waals surface area (Å²) in [5, 5.41) is 9.87. The first-order valence-electron chi connectivity index (χ1n) is 12.5. The third-order valence-electron chi connectivity index (χ3n) is 6.69. The number of nitrogens with one attached hydrogen (secondary N) is 3. The molecule has 3 N–H and O–H groups in total. The molecule has 1 atom stereocenters. The predicted octanol–water partition coefficient (Wildman–Crippen LogP) is 5.78. The summed E-state index contributed by atoms with van der Waals surface area (Å²) in [6, 6.07) is 12.8. The lowest BCUT2D eigenvalue weighted by molar-refractivity contribution is -0.117. The number of hydrogen-bond acceptors (Lipinski definition) is 5. The molecule has 5 rings (SSSR count). The lowest BCUT2D eigenvalue weighted by atomic mass is 9.84. The number of nitrogens with zero attached hydrogens (tertiary/aromatic N) is 4. The molecule has 8 nitrogen and oxygen atoms in total. The number of amides is 1. The van der Waals surface area contributed by atoms with Gasteiger partial charge in [-0.1, -0.05) is 44.2 Å². The molecule has 0 saturated heterocycles. The van der Waals surface area contributed by atoms with Crippen molar-refractivity contribution >= 4 is 29.0 Å². The van der Waals surface area contributed by atoms with Gasteiger partial charge >= 0.3 is 0 Å². The highest BCUT2D eigenvalue weighted by molar-refractivity contribution is 5.96. The molecule has 2 heterocycles. The first kappa shape index (κ1) is 22.9. The average Bonchev–Trinajstić information content (AvgIpc) is 3.51. The highest BCUT2D eigenvalue weighted by atomic mass is 16.2. The van der Waals surface area contributed by atoms with Crippen molar-refractivity contribution in [3.63, 3.8) is 0 Å². The van der Waals surface area contributed by atoms with Gasteiger partial charge < -0.3 is 20.5 Å². The molecule has 8 heteroatoms. The van der Waals surface area contributed by atoms with Crippen LogP contribution in [0.3, 0.4) is 0 Å². The van der Waals surface area contributed by atoms with Crippen molar-refractivity contribution in [2.75, 3.05) is 16.0 Å². The van der Waals surface area contributed by atoms with E-state index < -0.39 is 6.04 Å². The Labute approximate surface area is 206 Å². The fraction of sp³-hybridized carbons (Fsp3) is 0.407. The summed E-state index contributed by atoms with van der Waals surface area (Å²) in [5.74, 6) is 2.37. The Morgan fingerprint density at radius 1 is 1.06 bits per heavy atom. The van der Waals surface area contributed by atoms with E-state index in [4.69, 9.17) is 11.6 Å². The van der Waals surface area contributed by atoms with Gasteiger partial charge in [0.25, 0.3) is 0 Å². The van der Waals surface area contributed by atoms with Crippen molar-refractivity contribution in [3.05, 3.63) is 66.3 Å². The van der Waals surface area contributed by atoms with Crippen LogP contribution in [0.2, 0.25) is 0 Å². The van der Waals surface area contributed by atoms with Gasteiger partial charge in [0, 0.05) is 30.2 Å². The topological polar surface area (TPSA) is 88.2 Å². The van der Waals surface area contributed by atoms with E-state index in [2.05, 4.69) is 25.8 Å². The maximum absolute atomic E-state index is 13.4. The van der Waals surface area contributed by atoms with E-state index in [1.165, 1.54) is 19.3 Å². The summed E-state index contributed by atoms with van der Waals surface area (Å²) in [6.45, 7) is 7.13. The summed E-state index contributed by atoms with van der Waals surface area (Å²) >= 11 is 0. The van der Waals surface area contributed by atoms with Gasteiger partial charge in [-0.2, -0.15) is 9.97 Å². The van der Waals surface area contributed by atoms with Gasteiger partial charge in [0.2, 0.25) is 11.9 Å². The molecule has 2 saturated carbocycles. The number of carbonyl (C=O) groups is 1. The van der Waals surface area contributed by atoms with Crippen LogP contribution in [0.4, 0.5) is 23.1 Å². The summed E-state index contributed by atoms with van der Waals surface area (Å²) < 4.78 is 1.94. The van der Waals surface area contributed by atoms with Gasteiger partial charge in [0.15, 0.2) is 5.69 Å². The minimum absolute atomic E-state index is 0.0936. The van der Waals surface area contributed by atoms with Crippen molar-refractivity contribution in [1.29, 1.82) is 0 Å². The smallest absolute Gasteiger partial charge is 0.246 e. The number of carbonyl (C=O) groups excluding carboxylic acids is 1. The largest absolute Gasteiger partial charge is 0.358 e. The van der Waals surface area contributed by atoms with Gasteiger partial charge in [-0.15, -0.1) is 0 Å². The van der Waals surface area contributed by atoms with Crippen molar-refractivity contribution in [2.24, 2.45) is 5.92 Å². The monoisotopic (exact) mass is 469 g/mol. The fourth-order valence-electron chi connectivity index (χ4n) is 4.62. The molecular formula is C27H31N7O. The molecule has 3 aromatic rings. The molecule has 2 aliphatic rings. The Balaban J connectivity index is 1.38. The number of anilines is 3. The standard InChI is InChI=1S/C27H31N7O/c1-28-20-9-11-21(12-10-20)29-26(35)23(17-19-7-3-2-4-8-19)31-24-18-25(34-15-5-6-16-34)33-27(32-24)30-22-13-14-22/h5-6,9-12,15-16,18-19,22-23H,2-4,7-8,13-14,17H2,(H,29,35)(H2,30,31,32,33)/t23-/m1/s1. The third-order valence-corrected chi connectivity index (χ3v) is 6.69. The zero-order chi connectivity index (χ0) is 24.0.